The topological polar surface area (TPSA) is 77.8 Å². The summed E-state index contributed by atoms with van der Waals surface area (Å²) in [6, 6.07) is 0. The first-order valence-electron chi connectivity index (χ1n) is 9.30. The molecule has 0 aliphatic rings. The van der Waals surface area contributed by atoms with Gasteiger partial charge in [0.1, 0.15) is 12.2 Å². The lowest BCUT2D eigenvalue weighted by atomic mass is 10.1. The standard InChI is InChI=1S/C21H34O4/c1-2-3-4-5-6-7-8-9-10-11-12-13-14-15-16-17-19(23)21(25)20(24)18-22/h10-17,20-22,24-25H,2-9,18H2,1H3. The number of rotatable bonds is 15. The van der Waals surface area contributed by atoms with E-state index in [2.05, 4.69) is 13.0 Å². The molecule has 0 aromatic carbocycles. The van der Waals surface area contributed by atoms with E-state index in [1.807, 2.05) is 18.2 Å². The second kappa shape index (κ2) is 17.3. The summed E-state index contributed by atoms with van der Waals surface area (Å²) < 4.78 is 0. The summed E-state index contributed by atoms with van der Waals surface area (Å²) in [4.78, 5) is 11.4. The highest BCUT2D eigenvalue weighted by Gasteiger charge is 2.20. The Kier molecular flexibility index (Phi) is 16.3. The molecule has 25 heavy (non-hydrogen) atoms. The van der Waals surface area contributed by atoms with E-state index in [4.69, 9.17) is 10.2 Å². The van der Waals surface area contributed by atoms with Crippen LogP contribution < -0.4 is 0 Å². The third-order valence-electron chi connectivity index (χ3n) is 3.77. The van der Waals surface area contributed by atoms with Crippen LogP contribution in [0.2, 0.25) is 0 Å². The number of allylic oxidation sites excluding steroid dienone is 7. The summed E-state index contributed by atoms with van der Waals surface area (Å²) in [6.07, 6.45) is 21.4. The largest absolute Gasteiger partial charge is 0.394 e. The molecule has 0 amide bonds. The Morgan fingerprint density at radius 2 is 1.40 bits per heavy atom. The van der Waals surface area contributed by atoms with Crippen molar-refractivity contribution < 1.29 is 20.1 Å². The summed E-state index contributed by atoms with van der Waals surface area (Å²) in [5, 5.41) is 27.1. The highest BCUT2D eigenvalue weighted by atomic mass is 16.4. The average molecular weight is 350 g/mol. The minimum Gasteiger partial charge on any atom is -0.394 e. The molecule has 0 aromatic heterocycles. The Balaban J connectivity index is 3.74. The number of carbonyl (C=O) groups excluding carboxylic acids is 1. The molecule has 0 fully saturated rings. The predicted octanol–water partition coefficient (Wildman–Crippen LogP) is 3.64. The van der Waals surface area contributed by atoms with Gasteiger partial charge in [-0.1, -0.05) is 88.0 Å². The van der Waals surface area contributed by atoms with Crippen molar-refractivity contribution in [3.05, 3.63) is 48.6 Å². The molecule has 0 aliphatic heterocycles. The van der Waals surface area contributed by atoms with Crippen molar-refractivity contribution in [3.8, 4) is 0 Å². The van der Waals surface area contributed by atoms with Crippen molar-refractivity contribution in [3.63, 3.8) is 0 Å². The predicted molar refractivity (Wildman–Crippen MR) is 103 cm³/mol. The van der Waals surface area contributed by atoms with Gasteiger partial charge in [0, 0.05) is 0 Å². The van der Waals surface area contributed by atoms with Crippen molar-refractivity contribution >= 4 is 5.78 Å². The monoisotopic (exact) mass is 350 g/mol. The summed E-state index contributed by atoms with van der Waals surface area (Å²) in [6.45, 7) is 1.59. The van der Waals surface area contributed by atoms with Gasteiger partial charge >= 0.3 is 0 Å². The lowest BCUT2D eigenvalue weighted by molar-refractivity contribution is -0.129. The number of aliphatic hydroxyl groups excluding tert-OH is 3. The van der Waals surface area contributed by atoms with Crippen LogP contribution in [0.25, 0.3) is 0 Å². The van der Waals surface area contributed by atoms with Gasteiger partial charge in [0.2, 0.25) is 0 Å². The van der Waals surface area contributed by atoms with Crippen LogP contribution in [0.1, 0.15) is 58.3 Å². The Morgan fingerprint density at radius 1 is 0.840 bits per heavy atom. The van der Waals surface area contributed by atoms with E-state index < -0.39 is 24.6 Å². The third-order valence-corrected chi connectivity index (χ3v) is 3.77. The minimum absolute atomic E-state index is 0.634. The highest BCUT2D eigenvalue weighted by molar-refractivity contribution is 5.94. The van der Waals surface area contributed by atoms with Gasteiger partial charge in [0.15, 0.2) is 5.78 Å². The summed E-state index contributed by atoms with van der Waals surface area (Å²) in [7, 11) is 0. The molecule has 0 bridgehead atoms. The maximum absolute atomic E-state index is 11.4. The molecule has 2 atom stereocenters. The van der Waals surface area contributed by atoms with Crippen molar-refractivity contribution in [1.29, 1.82) is 0 Å². The van der Waals surface area contributed by atoms with Crippen molar-refractivity contribution in [2.45, 2.75) is 70.5 Å². The number of ketones is 1. The maximum atomic E-state index is 11.4. The summed E-state index contributed by atoms with van der Waals surface area (Å²) in [5.74, 6) is -0.634. The molecule has 4 nitrogen and oxygen atoms in total. The van der Waals surface area contributed by atoms with Gasteiger partial charge in [-0.05, 0) is 18.9 Å². The molecular weight excluding hydrogens is 316 g/mol. The van der Waals surface area contributed by atoms with Gasteiger partial charge in [0.25, 0.3) is 0 Å². The van der Waals surface area contributed by atoms with Gasteiger partial charge < -0.3 is 15.3 Å². The molecule has 0 saturated heterocycles. The molecule has 3 N–H and O–H groups in total. The number of unbranched alkanes of at least 4 members (excludes halogenated alkanes) is 7. The van der Waals surface area contributed by atoms with E-state index in [0.717, 1.165) is 6.42 Å². The number of hydrogen-bond acceptors (Lipinski definition) is 4. The van der Waals surface area contributed by atoms with E-state index in [1.54, 1.807) is 12.2 Å². The first kappa shape index (κ1) is 23.5. The quantitative estimate of drug-likeness (QED) is 0.239. The lowest BCUT2D eigenvalue weighted by Crippen LogP contribution is -2.35. The molecule has 0 radical (unpaired) electrons. The normalized spacial score (nSPS) is 15.0. The Morgan fingerprint density at radius 3 is 2.04 bits per heavy atom. The molecule has 0 aromatic rings. The smallest absolute Gasteiger partial charge is 0.186 e. The molecule has 0 spiro atoms. The second-order valence-corrected chi connectivity index (χ2v) is 6.06. The molecule has 142 valence electrons. The average Bonchev–Trinajstić information content (AvgIpc) is 2.63. The van der Waals surface area contributed by atoms with Crippen LogP contribution >= 0.6 is 0 Å². The number of carbonyl (C=O) groups is 1. The van der Waals surface area contributed by atoms with Crippen LogP contribution in [0.3, 0.4) is 0 Å². The highest BCUT2D eigenvalue weighted by Crippen LogP contribution is 2.08. The van der Waals surface area contributed by atoms with Crippen molar-refractivity contribution in [1.82, 2.24) is 0 Å². The van der Waals surface area contributed by atoms with E-state index in [9.17, 15) is 9.90 Å². The van der Waals surface area contributed by atoms with Gasteiger partial charge in [-0.15, -0.1) is 0 Å². The zero-order valence-electron chi connectivity index (χ0n) is 15.4. The lowest BCUT2D eigenvalue weighted by Gasteiger charge is -2.11. The zero-order chi connectivity index (χ0) is 18.8. The van der Waals surface area contributed by atoms with E-state index in [1.165, 1.54) is 57.1 Å². The van der Waals surface area contributed by atoms with Crippen LogP contribution in [0.4, 0.5) is 0 Å². The maximum Gasteiger partial charge on any atom is 0.186 e. The minimum atomic E-state index is -1.58. The van der Waals surface area contributed by atoms with Crippen molar-refractivity contribution in [2.24, 2.45) is 0 Å². The Hall–Kier alpha value is -1.49. The van der Waals surface area contributed by atoms with Crippen molar-refractivity contribution in [2.75, 3.05) is 6.61 Å². The molecule has 0 aliphatic carbocycles. The van der Waals surface area contributed by atoms with Crippen LogP contribution in [-0.2, 0) is 4.79 Å². The first-order valence-corrected chi connectivity index (χ1v) is 9.30. The van der Waals surface area contributed by atoms with Gasteiger partial charge in [-0.3, -0.25) is 4.79 Å². The van der Waals surface area contributed by atoms with E-state index in [-0.39, 0.29) is 0 Å². The van der Waals surface area contributed by atoms with E-state index >= 15 is 0 Å². The third kappa shape index (κ3) is 14.6. The zero-order valence-corrected chi connectivity index (χ0v) is 15.4. The first-order chi connectivity index (χ1) is 12.1. The molecule has 2 unspecified atom stereocenters. The Bertz CT molecular complexity index is 435. The van der Waals surface area contributed by atoms with Crippen LogP contribution in [0, 0.1) is 0 Å². The Labute approximate surface area is 152 Å². The van der Waals surface area contributed by atoms with Crippen LogP contribution in [0.5, 0.6) is 0 Å². The molecular formula is C21H34O4. The molecule has 0 saturated carbocycles. The number of hydrogen-bond donors (Lipinski definition) is 3. The van der Waals surface area contributed by atoms with Gasteiger partial charge in [0.05, 0.1) is 6.61 Å². The van der Waals surface area contributed by atoms with Crippen LogP contribution in [0.15, 0.2) is 48.6 Å². The van der Waals surface area contributed by atoms with E-state index in [0.29, 0.717) is 0 Å². The van der Waals surface area contributed by atoms with Gasteiger partial charge in [-0.25, -0.2) is 0 Å². The SMILES string of the molecule is CCCCCCCCCC=CC=CC=CC=CC(=O)C(O)C(O)CO. The molecule has 0 rings (SSSR count). The summed E-state index contributed by atoms with van der Waals surface area (Å²) >= 11 is 0. The van der Waals surface area contributed by atoms with Gasteiger partial charge in [-0.2, -0.15) is 0 Å². The van der Waals surface area contributed by atoms with Crippen LogP contribution in [-0.4, -0.2) is 39.9 Å². The molecule has 4 heteroatoms. The fourth-order valence-corrected chi connectivity index (χ4v) is 2.19. The number of aliphatic hydroxyl groups is 3. The summed E-state index contributed by atoms with van der Waals surface area (Å²) in [5.41, 5.74) is 0. The fraction of sp³-hybridized carbons (Fsp3) is 0.571. The fourth-order valence-electron chi connectivity index (χ4n) is 2.19. The molecule has 0 heterocycles. The second-order valence-electron chi connectivity index (χ2n) is 6.06.